The summed E-state index contributed by atoms with van der Waals surface area (Å²) in [7, 11) is 0. The van der Waals surface area contributed by atoms with Crippen molar-refractivity contribution in [3.8, 4) is 0 Å². The summed E-state index contributed by atoms with van der Waals surface area (Å²) in [6, 6.07) is 10.00. The molecule has 136 valence electrons. The SMILES string of the molecule is CCN1CCN(C(=O)c2ccnc(C(=O)Nc3ccc(Cl)cc3)c2)CC1. The first-order valence-corrected chi connectivity index (χ1v) is 8.99. The van der Waals surface area contributed by atoms with Gasteiger partial charge in [0.25, 0.3) is 11.8 Å². The minimum absolute atomic E-state index is 0.0660. The van der Waals surface area contributed by atoms with E-state index < -0.39 is 0 Å². The summed E-state index contributed by atoms with van der Waals surface area (Å²) in [5.41, 5.74) is 1.30. The summed E-state index contributed by atoms with van der Waals surface area (Å²) >= 11 is 5.84. The van der Waals surface area contributed by atoms with Gasteiger partial charge in [0, 0.05) is 48.6 Å². The van der Waals surface area contributed by atoms with Crippen molar-refractivity contribution in [1.29, 1.82) is 0 Å². The summed E-state index contributed by atoms with van der Waals surface area (Å²) in [6.07, 6.45) is 1.49. The van der Waals surface area contributed by atoms with Crippen LogP contribution in [0.15, 0.2) is 42.6 Å². The molecule has 7 heteroatoms. The van der Waals surface area contributed by atoms with Crippen LogP contribution >= 0.6 is 11.6 Å². The molecule has 1 aliphatic heterocycles. The Morgan fingerprint density at radius 2 is 1.81 bits per heavy atom. The fourth-order valence-corrected chi connectivity index (χ4v) is 2.99. The molecule has 0 radical (unpaired) electrons. The third-order valence-electron chi connectivity index (χ3n) is 4.45. The molecule has 0 spiro atoms. The van der Waals surface area contributed by atoms with Crippen LogP contribution in [0.25, 0.3) is 0 Å². The lowest BCUT2D eigenvalue weighted by Gasteiger charge is -2.34. The van der Waals surface area contributed by atoms with Gasteiger partial charge in [-0.25, -0.2) is 0 Å². The van der Waals surface area contributed by atoms with Gasteiger partial charge in [-0.1, -0.05) is 18.5 Å². The molecule has 1 aliphatic rings. The minimum Gasteiger partial charge on any atom is -0.336 e. The standard InChI is InChI=1S/C19H21ClN4O2/c1-2-23-9-11-24(12-10-23)19(26)14-7-8-21-17(13-14)18(25)22-16-5-3-15(20)4-6-16/h3-8,13H,2,9-12H2,1H3,(H,22,25). The Hall–Kier alpha value is -2.44. The number of halogens is 1. The van der Waals surface area contributed by atoms with E-state index in [1.54, 1.807) is 36.4 Å². The van der Waals surface area contributed by atoms with E-state index in [0.29, 0.717) is 29.4 Å². The van der Waals surface area contributed by atoms with Crippen LogP contribution in [0, 0.1) is 0 Å². The molecule has 1 aromatic carbocycles. The monoisotopic (exact) mass is 372 g/mol. The molecule has 1 saturated heterocycles. The van der Waals surface area contributed by atoms with Crippen molar-refractivity contribution >= 4 is 29.1 Å². The van der Waals surface area contributed by atoms with Gasteiger partial charge in [-0.15, -0.1) is 0 Å². The molecule has 6 nitrogen and oxygen atoms in total. The molecule has 2 heterocycles. The van der Waals surface area contributed by atoms with Crippen molar-refractivity contribution in [2.75, 3.05) is 38.0 Å². The Morgan fingerprint density at radius 3 is 2.46 bits per heavy atom. The maximum absolute atomic E-state index is 12.7. The van der Waals surface area contributed by atoms with Gasteiger partial charge in [0.05, 0.1) is 0 Å². The Balaban J connectivity index is 1.68. The smallest absolute Gasteiger partial charge is 0.274 e. The second-order valence-corrected chi connectivity index (χ2v) is 6.55. The van der Waals surface area contributed by atoms with Gasteiger partial charge in [-0.05, 0) is 42.9 Å². The number of benzene rings is 1. The van der Waals surface area contributed by atoms with Crippen molar-refractivity contribution in [2.24, 2.45) is 0 Å². The van der Waals surface area contributed by atoms with Gasteiger partial charge in [-0.2, -0.15) is 0 Å². The molecule has 3 rings (SSSR count). The summed E-state index contributed by atoms with van der Waals surface area (Å²) < 4.78 is 0. The number of likely N-dealkylation sites (N-methyl/N-ethyl adjacent to an activating group) is 1. The highest BCUT2D eigenvalue weighted by Crippen LogP contribution is 2.15. The zero-order valence-corrected chi connectivity index (χ0v) is 15.4. The van der Waals surface area contributed by atoms with E-state index in [1.807, 2.05) is 4.90 Å². The van der Waals surface area contributed by atoms with Crippen LogP contribution in [-0.4, -0.2) is 59.3 Å². The number of carbonyl (C=O) groups excluding carboxylic acids is 2. The highest BCUT2D eigenvalue weighted by molar-refractivity contribution is 6.30. The molecule has 26 heavy (non-hydrogen) atoms. The number of nitrogens with one attached hydrogen (secondary N) is 1. The van der Waals surface area contributed by atoms with Crippen LogP contribution in [0.2, 0.25) is 5.02 Å². The van der Waals surface area contributed by atoms with E-state index in [-0.39, 0.29) is 17.5 Å². The molecule has 1 aromatic heterocycles. The average Bonchev–Trinajstić information content (AvgIpc) is 2.69. The number of piperazine rings is 1. The quantitative estimate of drug-likeness (QED) is 0.896. The Bertz CT molecular complexity index is 786. The largest absolute Gasteiger partial charge is 0.336 e. The first-order chi connectivity index (χ1) is 12.6. The lowest BCUT2D eigenvalue weighted by atomic mass is 10.1. The second kappa shape index (κ2) is 8.29. The second-order valence-electron chi connectivity index (χ2n) is 6.12. The van der Waals surface area contributed by atoms with Crippen molar-refractivity contribution < 1.29 is 9.59 Å². The number of nitrogens with zero attached hydrogens (tertiary/aromatic N) is 3. The number of carbonyl (C=O) groups is 2. The summed E-state index contributed by atoms with van der Waals surface area (Å²) in [6.45, 7) is 6.25. The highest BCUT2D eigenvalue weighted by atomic mass is 35.5. The maximum atomic E-state index is 12.7. The summed E-state index contributed by atoms with van der Waals surface area (Å²) in [5, 5.41) is 3.35. The van der Waals surface area contributed by atoms with Crippen molar-refractivity contribution in [3.05, 3.63) is 58.9 Å². The Kier molecular flexibility index (Phi) is 5.85. The number of hydrogen-bond donors (Lipinski definition) is 1. The molecule has 2 amide bonds. The van der Waals surface area contributed by atoms with Crippen molar-refractivity contribution in [2.45, 2.75) is 6.92 Å². The molecule has 2 aromatic rings. The van der Waals surface area contributed by atoms with Gasteiger partial charge in [0.2, 0.25) is 0 Å². The summed E-state index contributed by atoms with van der Waals surface area (Å²) in [4.78, 5) is 33.3. The van der Waals surface area contributed by atoms with Crippen LogP contribution in [0.1, 0.15) is 27.8 Å². The molecular formula is C19H21ClN4O2. The van der Waals surface area contributed by atoms with E-state index >= 15 is 0 Å². The van der Waals surface area contributed by atoms with Gasteiger partial charge in [0.15, 0.2) is 0 Å². The molecule has 1 N–H and O–H groups in total. The molecule has 0 bridgehead atoms. The normalized spacial score (nSPS) is 14.9. The third kappa shape index (κ3) is 4.39. The van der Waals surface area contributed by atoms with Crippen LogP contribution in [-0.2, 0) is 0 Å². The van der Waals surface area contributed by atoms with Gasteiger partial charge < -0.3 is 15.1 Å². The van der Waals surface area contributed by atoms with Crippen LogP contribution in [0.3, 0.4) is 0 Å². The molecule has 0 aliphatic carbocycles. The molecule has 0 saturated carbocycles. The summed E-state index contributed by atoms with van der Waals surface area (Å²) in [5.74, 6) is -0.429. The van der Waals surface area contributed by atoms with E-state index in [9.17, 15) is 9.59 Å². The number of amides is 2. The number of rotatable bonds is 4. The van der Waals surface area contributed by atoms with E-state index in [0.717, 1.165) is 19.6 Å². The fourth-order valence-electron chi connectivity index (χ4n) is 2.87. The van der Waals surface area contributed by atoms with Gasteiger partial charge in [-0.3, -0.25) is 14.6 Å². The van der Waals surface area contributed by atoms with Gasteiger partial charge >= 0.3 is 0 Å². The van der Waals surface area contributed by atoms with E-state index in [2.05, 4.69) is 22.1 Å². The number of aromatic nitrogens is 1. The molecular weight excluding hydrogens is 352 g/mol. The van der Waals surface area contributed by atoms with Crippen LogP contribution < -0.4 is 5.32 Å². The maximum Gasteiger partial charge on any atom is 0.274 e. The molecule has 0 atom stereocenters. The first kappa shape index (κ1) is 18.4. The lowest BCUT2D eigenvalue weighted by Crippen LogP contribution is -2.48. The zero-order valence-electron chi connectivity index (χ0n) is 14.6. The lowest BCUT2D eigenvalue weighted by molar-refractivity contribution is 0.0643. The first-order valence-electron chi connectivity index (χ1n) is 8.61. The molecule has 0 unspecified atom stereocenters. The number of pyridine rings is 1. The predicted molar refractivity (Wildman–Crippen MR) is 102 cm³/mol. The van der Waals surface area contributed by atoms with E-state index in [1.165, 1.54) is 6.20 Å². The minimum atomic E-state index is -0.363. The number of hydrogen-bond acceptors (Lipinski definition) is 4. The van der Waals surface area contributed by atoms with Crippen LogP contribution in [0.5, 0.6) is 0 Å². The third-order valence-corrected chi connectivity index (χ3v) is 4.70. The van der Waals surface area contributed by atoms with Crippen LogP contribution in [0.4, 0.5) is 5.69 Å². The fraction of sp³-hybridized carbons (Fsp3) is 0.316. The van der Waals surface area contributed by atoms with Gasteiger partial charge in [0.1, 0.15) is 5.69 Å². The average molecular weight is 373 g/mol. The topological polar surface area (TPSA) is 65.5 Å². The highest BCUT2D eigenvalue weighted by Gasteiger charge is 2.22. The predicted octanol–water partition coefficient (Wildman–Crippen LogP) is 2.77. The Morgan fingerprint density at radius 1 is 1.12 bits per heavy atom. The zero-order chi connectivity index (χ0) is 18.5. The molecule has 1 fully saturated rings. The Labute approximate surface area is 157 Å². The van der Waals surface area contributed by atoms with E-state index in [4.69, 9.17) is 11.6 Å². The van der Waals surface area contributed by atoms with Crippen molar-refractivity contribution in [1.82, 2.24) is 14.8 Å². The number of anilines is 1. The van der Waals surface area contributed by atoms with Crippen molar-refractivity contribution in [3.63, 3.8) is 0 Å².